The third-order valence-corrected chi connectivity index (χ3v) is 4.97. The van der Waals surface area contributed by atoms with Crippen molar-refractivity contribution in [1.29, 1.82) is 0 Å². The highest BCUT2D eigenvalue weighted by atomic mass is 16.5. The Hall–Kier alpha value is -3.23. The first-order valence-corrected chi connectivity index (χ1v) is 10.2. The summed E-state index contributed by atoms with van der Waals surface area (Å²) in [5.41, 5.74) is 4.85. The molecule has 0 saturated carbocycles. The fraction of sp³-hybridized carbons (Fsp3) is 0.348. The Morgan fingerprint density at radius 2 is 1.94 bits per heavy atom. The maximum atomic E-state index is 12.3. The Morgan fingerprint density at radius 1 is 1.19 bits per heavy atom. The second-order valence-corrected chi connectivity index (χ2v) is 7.26. The number of ether oxygens (including phenoxy) is 2. The summed E-state index contributed by atoms with van der Waals surface area (Å²) in [5.74, 6) is 0.0997. The van der Waals surface area contributed by atoms with Crippen LogP contribution in [-0.4, -0.2) is 62.4 Å². The van der Waals surface area contributed by atoms with Crippen molar-refractivity contribution >= 4 is 18.0 Å². The first-order chi connectivity index (χ1) is 15.1. The minimum atomic E-state index is -0.724. The SMILES string of the molecule is COc1ccc(C=NNC(=O)C(C)NC(=O)c2ccccc2)cc1CN1CCOCC1. The Bertz CT molecular complexity index is 911. The monoisotopic (exact) mass is 424 g/mol. The van der Waals surface area contributed by atoms with E-state index in [0.29, 0.717) is 5.56 Å². The molecule has 1 atom stereocenters. The van der Waals surface area contributed by atoms with Gasteiger partial charge in [0.1, 0.15) is 11.8 Å². The van der Waals surface area contributed by atoms with Crippen molar-refractivity contribution in [2.45, 2.75) is 19.5 Å². The average Bonchev–Trinajstić information content (AvgIpc) is 2.80. The van der Waals surface area contributed by atoms with E-state index in [2.05, 4.69) is 20.7 Å². The van der Waals surface area contributed by atoms with Crippen molar-refractivity contribution < 1.29 is 19.1 Å². The number of methoxy groups -OCH3 is 1. The molecule has 0 radical (unpaired) electrons. The van der Waals surface area contributed by atoms with Crippen LogP contribution in [0.15, 0.2) is 53.6 Å². The number of amides is 2. The molecule has 1 heterocycles. The molecule has 0 aromatic heterocycles. The number of nitrogens with zero attached hydrogens (tertiary/aromatic N) is 2. The predicted molar refractivity (Wildman–Crippen MR) is 118 cm³/mol. The van der Waals surface area contributed by atoms with Gasteiger partial charge in [-0.05, 0) is 42.8 Å². The minimum absolute atomic E-state index is 0.310. The van der Waals surface area contributed by atoms with Gasteiger partial charge in [0, 0.05) is 30.8 Å². The lowest BCUT2D eigenvalue weighted by atomic mass is 10.1. The average molecular weight is 425 g/mol. The molecule has 1 aliphatic heterocycles. The van der Waals surface area contributed by atoms with Gasteiger partial charge in [-0.3, -0.25) is 14.5 Å². The van der Waals surface area contributed by atoms with Gasteiger partial charge in [-0.15, -0.1) is 0 Å². The van der Waals surface area contributed by atoms with Crippen LogP contribution in [0.25, 0.3) is 0 Å². The molecule has 1 fully saturated rings. The summed E-state index contributed by atoms with van der Waals surface area (Å²) < 4.78 is 10.9. The zero-order chi connectivity index (χ0) is 22.1. The molecule has 1 unspecified atom stereocenters. The standard InChI is InChI=1S/C23H28N4O4/c1-17(25-23(29)19-6-4-3-5-7-19)22(28)26-24-15-18-8-9-21(30-2)20(14-18)16-27-10-12-31-13-11-27/h3-9,14-15,17H,10-13,16H2,1-2H3,(H,25,29)(H,26,28). The lowest BCUT2D eigenvalue weighted by Gasteiger charge is -2.27. The van der Waals surface area contributed by atoms with E-state index in [-0.39, 0.29) is 5.91 Å². The molecule has 3 rings (SSSR count). The van der Waals surface area contributed by atoms with E-state index in [1.165, 1.54) is 0 Å². The zero-order valence-electron chi connectivity index (χ0n) is 17.8. The maximum absolute atomic E-state index is 12.3. The van der Waals surface area contributed by atoms with Gasteiger partial charge >= 0.3 is 0 Å². The number of nitrogens with one attached hydrogen (secondary N) is 2. The van der Waals surface area contributed by atoms with Gasteiger partial charge in [0.2, 0.25) is 0 Å². The Kier molecular flexibility index (Phi) is 8.14. The minimum Gasteiger partial charge on any atom is -0.496 e. The van der Waals surface area contributed by atoms with Gasteiger partial charge in [0.15, 0.2) is 0 Å². The Balaban J connectivity index is 1.56. The van der Waals surface area contributed by atoms with Gasteiger partial charge < -0.3 is 14.8 Å². The van der Waals surface area contributed by atoms with Crippen molar-refractivity contribution in [3.63, 3.8) is 0 Å². The summed E-state index contributed by atoms with van der Waals surface area (Å²) >= 11 is 0. The molecule has 1 aliphatic rings. The van der Waals surface area contributed by atoms with E-state index in [9.17, 15) is 9.59 Å². The van der Waals surface area contributed by atoms with Gasteiger partial charge in [-0.2, -0.15) is 5.10 Å². The summed E-state index contributed by atoms with van der Waals surface area (Å²) in [7, 11) is 1.65. The maximum Gasteiger partial charge on any atom is 0.262 e. The van der Waals surface area contributed by atoms with Crippen molar-refractivity contribution in [3.05, 3.63) is 65.2 Å². The molecule has 8 nitrogen and oxygen atoms in total. The number of carbonyl (C=O) groups excluding carboxylic acids is 2. The second kappa shape index (κ2) is 11.2. The number of carbonyl (C=O) groups is 2. The Morgan fingerprint density at radius 3 is 2.65 bits per heavy atom. The molecule has 1 saturated heterocycles. The quantitative estimate of drug-likeness (QED) is 0.498. The largest absolute Gasteiger partial charge is 0.496 e. The third kappa shape index (κ3) is 6.63. The number of benzene rings is 2. The second-order valence-electron chi connectivity index (χ2n) is 7.26. The van der Waals surface area contributed by atoms with Gasteiger partial charge in [-0.1, -0.05) is 18.2 Å². The van der Waals surface area contributed by atoms with Gasteiger partial charge in [0.05, 0.1) is 26.5 Å². The molecule has 31 heavy (non-hydrogen) atoms. The first-order valence-electron chi connectivity index (χ1n) is 10.2. The summed E-state index contributed by atoms with van der Waals surface area (Å²) in [6.45, 7) is 5.58. The predicted octanol–water partition coefficient (Wildman–Crippen LogP) is 1.80. The van der Waals surface area contributed by atoms with E-state index < -0.39 is 11.9 Å². The van der Waals surface area contributed by atoms with Crippen molar-refractivity contribution in [2.75, 3.05) is 33.4 Å². The molecular weight excluding hydrogens is 396 g/mol. The Labute approximate surface area is 182 Å². The molecular formula is C23H28N4O4. The van der Waals surface area contributed by atoms with Crippen LogP contribution in [-0.2, 0) is 16.1 Å². The smallest absolute Gasteiger partial charge is 0.262 e. The van der Waals surface area contributed by atoms with Crippen LogP contribution < -0.4 is 15.5 Å². The number of hydrazone groups is 1. The summed E-state index contributed by atoms with van der Waals surface area (Å²) in [6, 6.07) is 13.8. The number of morpholine rings is 1. The fourth-order valence-corrected chi connectivity index (χ4v) is 3.20. The lowest BCUT2D eigenvalue weighted by Crippen LogP contribution is -2.43. The highest BCUT2D eigenvalue weighted by Gasteiger charge is 2.16. The summed E-state index contributed by atoms with van der Waals surface area (Å²) in [5, 5.41) is 6.69. The number of rotatable bonds is 8. The van der Waals surface area contributed by atoms with Crippen molar-refractivity contribution in [1.82, 2.24) is 15.6 Å². The molecule has 2 aromatic rings. The molecule has 8 heteroatoms. The molecule has 0 aliphatic carbocycles. The van der Waals surface area contributed by atoms with Crippen molar-refractivity contribution in [2.24, 2.45) is 5.10 Å². The van der Waals surface area contributed by atoms with Crippen LogP contribution in [0.4, 0.5) is 0 Å². The molecule has 2 aromatic carbocycles. The van der Waals surface area contributed by atoms with E-state index >= 15 is 0 Å². The van der Waals surface area contributed by atoms with Gasteiger partial charge in [-0.25, -0.2) is 5.43 Å². The van der Waals surface area contributed by atoms with Crippen molar-refractivity contribution in [3.8, 4) is 5.75 Å². The zero-order valence-corrected chi connectivity index (χ0v) is 17.8. The van der Waals surface area contributed by atoms with Crippen LogP contribution in [0.2, 0.25) is 0 Å². The van der Waals surface area contributed by atoms with Crippen LogP contribution in [0.1, 0.15) is 28.4 Å². The van der Waals surface area contributed by atoms with Crippen LogP contribution >= 0.6 is 0 Å². The fourth-order valence-electron chi connectivity index (χ4n) is 3.20. The summed E-state index contributed by atoms with van der Waals surface area (Å²) in [6.07, 6.45) is 1.58. The van der Waals surface area contributed by atoms with Crippen LogP contribution in [0.5, 0.6) is 5.75 Å². The lowest BCUT2D eigenvalue weighted by molar-refractivity contribution is -0.122. The van der Waals surface area contributed by atoms with Crippen LogP contribution in [0, 0.1) is 0 Å². The highest BCUT2D eigenvalue weighted by Crippen LogP contribution is 2.21. The van der Waals surface area contributed by atoms with Crippen LogP contribution in [0.3, 0.4) is 0 Å². The number of hydrogen-bond donors (Lipinski definition) is 2. The topological polar surface area (TPSA) is 92.3 Å². The van der Waals surface area contributed by atoms with E-state index in [0.717, 1.165) is 49.7 Å². The van der Waals surface area contributed by atoms with E-state index in [4.69, 9.17) is 9.47 Å². The molecule has 164 valence electrons. The normalized spacial score (nSPS) is 15.4. The van der Waals surface area contributed by atoms with E-state index in [1.54, 1.807) is 44.5 Å². The van der Waals surface area contributed by atoms with E-state index in [1.807, 2.05) is 24.3 Å². The molecule has 2 amide bonds. The highest BCUT2D eigenvalue weighted by molar-refractivity contribution is 5.97. The number of hydrogen-bond acceptors (Lipinski definition) is 6. The molecule has 2 N–H and O–H groups in total. The summed E-state index contributed by atoms with van der Waals surface area (Å²) in [4.78, 5) is 26.7. The molecule has 0 bridgehead atoms. The first kappa shape index (κ1) is 22.5. The third-order valence-electron chi connectivity index (χ3n) is 4.97. The molecule has 0 spiro atoms. The van der Waals surface area contributed by atoms with Gasteiger partial charge in [0.25, 0.3) is 11.8 Å².